The number of hydrogen-bond acceptors (Lipinski definition) is 6. The number of halogens is 1. The summed E-state index contributed by atoms with van der Waals surface area (Å²) < 4.78 is 11.4. The van der Waals surface area contributed by atoms with Crippen LogP contribution in [-0.4, -0.2) is 33.4 Å². The molecule has 1 heterocycles. The van der Waals surface area contributed by atoms with Crippen molar-refractivity contribution in [3.05, 3.63) is 40.8 Å². The van der Waals surface area contributed by atoms with Gasteiger partial charge in [0.15, 0.2) is 5.82 Å². The van der Waals surface area contributed by atoms with Gasteiger partial charge in [-0.25, -0.2) is 19.6 Å². The molecule has 7 nitrogen and oxygen atoms in total. The topological polar surface area (TPSA) is 81.6 Å². The first-order valence-electron chi connectivity index (χ1n) is 8.99. The number of amides is 2. The van der Waals surface area contributed by atoms with Gasteiger partial charge in [0.25, 0.3) is 0 Å². The summed E-state index contributed by atoms with van der Waals surface area (Å²) in [6, 6.07) is 0. The van der Waals surface area contributed by atoms with Crippen molar-refractivity contribution in [3.63, 3.8) is 0 Å². The zero-order valence-corrected chi connectivity index (χ0v) is 18.6. The van der Waals surface area contributed by atoms with Gasteiger partial charge in [-0.1, -0.05) is 24.3 Å². The van der Waals surface area contributed by atoms with Crippen LogP contribution in [0.15, 0.2) is 35.1 Å². The van der Waals surface area contributed by atoms with Gasteiger partial charge in [-0.2, -0.15) is 4.90 Å². The average Bonchev–Trinajstić information content (AvgIpc) is 2.54. The Balaban J connectivity index is 2.53. The van der Waals surface area contributed by atoms with Crippen LogP contribution in [-0.2, 0) is 9.47 Å². The highest BCUT2D eigenvalue weighted by molar-refractivity contribution is 9.10. The summed E-state index contributed by atoms with van der Waals surface area (Å²) in [4.78, 5) is 35.4. The lowest BCUT2D eigenvalue weighted by atomic mass is 9.96. The average molecular weight is 452 g/mol. The second-order valence-corrected chi connectivity index (χ2v) is 9.17. The molecular weight excluding hydrogens is 426 g/mol. The molecule has 0 spiro atoms. The number of carbonyl (C=O) groups is 2. The highest BCUT2D eigenvalue weighted by Gasteiger charge is 2.36. The molecule has 1 aromatic heterocycles. The summed E-state index contributed by atoms with van der Waals surface area (Å²) in [7, 11) is 0. The fraction of sp³-hybridized carbons (Fsp3) is 0.500. The van der Waals surface area contributed by atoms with Gasteiger partial charge in [0.1, 0.15) is 15.8 Å². The quantitative estimate of drug-likeness (QED) is 0.588. The van der Waals surface area contributed by atoms with Crippen LogP contribution >= 0.6 is 15.9 Å². The number of carbonyl (C=O) groups excluding carboxylic acids is 2. The fourth-order valence-corrected chi connectivity index (χ4v) is 2.73. The smallest absolute Gasteiger partial charge is 0.425 e. The summed E-state index contributed by atoms with van der Waals surface area (Å²) in [5.41, 5.74) is -1.12. The molecule has 0 saturated heterocycles. The maximum absolute atomic E-state index is 12.9. The third kappa shape index (κ3) is 6.15. The molecule has 1 aromatic rings. The van der Waals surface area contributed by atoms with Crippen molar-refractivity contribution in [2.24, 2.45) is 0 Å². The monoisotopic (exact) mass is 451 g/mol. The van der Waals surface area contributed by atoms with Crippen LogP contribution in [0.1, 0.15) is 59.6 Å². The third-order valence-corrected chi connectivity index (χ3v) is 3.83. The van der Waals surface area contributed by atoms with Gasteiger partial charge in [0, 0.05) is 5.92 Å². The molecule has 0 aliphatic heterocycles. The van der Waals surface area contributed by atoms with Crippen LogP contribution in [0.4, 0.5) is 15.4 Å². The van der Waals surface area contributed by atoms with E-state index in [-0.39, 0.29) is 11.7 Å². The van der Waals surface area contributed by atoms with Crippen LogP contribution in [0.2, 0.25) is 0 Å². The van der Waals surface area contributed by atoms with E-state index in [1.54, 1.807) is 41.5 Å². The molecule has 0 saturated carbocycles. The van der Waals surface area contributed by atoms with Crippen molar-refractivity contribution >= 4 is 33.9 Å². The van der Waals surface area contributed by atoms with E-state index in [4.69, 9.17) is 9.47 Å². The molecule has 2 amide bonds. The Labute approximate surface area is 174 Å². The minimum atomic E-state index is -0.866. The highest BCUT2D eigenvalue weighted by Crippen LogP contribution is 2.32. The maximum Gasteiger partial charge on any atom is 0.425 e. The Morgan fingerprint density at radius 3 is 2.11 bits per heavy atom. The van der Waals surface area contributed by atoms with Crippen LogP contribution in [0, 0.1) is 0 Å². The van der Waals surface area contributed by atoms with Crippen molar-refractivity contribution in [1.82, 2.24) is 9.97 Å². The van der Waals surface area contributed by atoms with E-state index >= 15 is 0 Å². The number of anilines is 1. The Kier molecular flexibility index (Phi) is 6.64. The number of imide groups is 1. The summed E-state index contributed by atoms with van der Waals surface area (Å²) in [5.74, 6) is -0.0472. The van der Waals surface area contributed by atoms with Crippen molar-refractivity contribution in [2.75, 3.05) is 4.90 Å². The van der Waals surface area contributed by atoms with E-state index in [2.05, 4.69) is 25.9 Å². The summed E-state index contributed by atoms with van der Waals surface area (Å²) >= 11 is 3.32. The third-order valence-electron chi connectivity index (χ3n) is 3.45. The molecule has 0 radical (unpaired) electrons. The molecule has 1 aliphatic carbocycles. The molecule has 0 N–H and O–H groups in total. The summed E-state index contributed by atoms with van der Waals surface area (Å²) in [6.07, 6.45) is 8.14. The standard InChI is InChI=1S/C20H26BrN3O4/c1-19(2,3)27-17(25)24(18(26)28-20(4,5)6)16-15(23-14(21)12-22-16)13-10-8-7-9-11-13/h7-10,12-13H,11H2,1-6H3. The zero-order chi connectivity index (χ0) is 21.1. The Bertz CT molecular complexity index is 779. The molecule has 0 bridgehead atoms. The number of aromatic nitrogens is 2. The zero-order valence-electron chi connectivity index (χ0n) is 17.0. The first-order chi connectivity index (χ1) is 12.9. The lowest BCUT2D eigenvalue weighted by Crippen LogP contribution is -2.44. The number of nitrogens with zero attached hydrogens (tertiary/aromatic N) is 3. The van der Waals surface area contributed by atoms with Gasteiger partial charge in [0.05, 0.1) is 11.9 Å². The second kappa shape index (κ2) is 8.43. The van der Waals surface area contributed by atoms with Gasteiger partial charge in [0.2, 0.25) is 0 Å². The molecule has 0 fully saturated rings. The van der Waals surface area contributed by atoms with Crippen LogP contribution in [0.25, 0.3) is 0 Å². The van der Waals surface area contributed by atoms with Crippen LogP contribution < -0.4 is 4.90 Å². The van der Waals surface area contributed by atoms with E-state index < -0.39 is 23.4 Å². The first kappa shape index (κ1) is 22.1. The lowest BCUT2D eigenvalue weighted by Gasteiger charge is -2.29. The Morgan fingerprint density at radius 2 is 1.64 bits per heavy atom. The molecular formula is C20H26BrN3O4. The predicted octanol–water partition coefficient (Wildman–Crippen LogP) is 5.52. The molecule has 152 valence electrons. The van der Waals surface area contributed by atoms with Gasteiger partial charge in [-0.3, -0.25) is 0 Å². The molecule has 8 heteroatoms. The van der Waals surface area contributed by atoms with Crippen LogP contribution in [0.5, 0.6) is 0 Å². The van der Waals surface area contributed by atoms with E-state index in [0.29, 0.717) is 16.7 Å². The van der Waals surface area contributed by atoms with Gasteiger partial charge in [-0.15, -0.1) is 0 Å². The number of ether oxygens (including phenoxy) is 2. The number of allylic oxidation sites excluding steroid dienone is 4. The van der Waals surface area contributed by atoms with Gasteiger partial charge < -0.3 is 9.47 Å². The maximum atomic E-state index is 12.9. The molecule has 0 aromatic carbocycles. The van der Waals surface area contributed by atoms with Crippen LogP contribution in [0.3, 0.4) is 0 Å². The minimum absolute atomic E-state index is 0.0941. The molecule has 28 heavy (non-hydrogen) atoms. The van der Waals surface area contributed by atoms with E-state index in [1.807, 2.05) is 24.3 Å². The first-order valence-corrected chi connectivity index (χ1v) is 9.78. The molecule has 1 atom stereocenters. The summed E-state index contributed by atoms with van der Waals surface area (Å²) in [5, 5.41) is 0. The fourth-order valence-electron chi connectivity index (χ4n) is 2.44. The second-order valence-electron chi connectivity index (χ2n) is 8.35. The highest BCUT2D eigenvalue weighted by atomic mass is 79.9. The van der Waals surface area contributed by atoms with Crippen molar-refractivity contribution in [1.29, 1.82) is 0 Å². The van der Waals surface area contributed by atoms with Crippen molar-refractivity contribution in [3.8, 4) is 0 Å². The van der Waals surface area contributed by atoms with E-state index in [9.17, 15) is 9.59 Å². The SMILES string of the molecule is CC(C)(C)OC(=O)N(C(=O)OC(C)(C)C)c1ncc(Br)nc1C1C=CC=CC1. The van der Waals surface area contributed by atoms with Gasteiger partial charge in [-0.05, 0) is 63.9 Å². The van der Waals surface area contributed by atoms with Crippen molar-refractivity contribution < 1.29 is 19.1 Å². The predicted molar refractivity (Wildman–Crippen MR) is 110 cm³/mol. The van der Waals surface area contributed by atoms with E-state index in [0.717, 1.165) is 4.90 Å². The lowest BCUT2D eigenvalue weighted by molar-refractivity contribution is 0.0428. The van der Waals surface area contributed by atoms with E-state index in [1.165, 1.54) is 6.20 Å². The van der Waals surface area contributed by atoms with Gasteiger partial charge >= 0.3 is 12.2 Å². The Hall–Kier alpha value is -2.22. The number of rotatable bonds is 2. The molecule has 1 aliphatic rings. The largest absolute Gasteiger partial charge is 0.443 e. The number of hydrogen-bond donors (Lipinski definition) is 0. The van der Waals surface area contributed by atoms with Crippen molar-refractivity contribution in [2.45, 2.75) is 65.1 Å². The minimum Gasteiger partial charge on any atom is -0.443 e. The normalized spacial score (nSPS) is 16.6. The molecule has 2 rings (SSSR count). The Morgan fingerprint density at radius 1 is 1.07 bits per heavy atom. The summed E-state index contributed by atoms with van der Waals surface area (Å²) in [6.45, 7) is 10.3. The molecule has 1 unspecified atom stereocenters.